The molecule has 4 atom stereocenters. The van der Waals surface area contributed by atoms with Crippen molar-refractivity contribution in [2.75, 3.05) is 0 Å². The number of rotatable bonds is 3. The molecule has 0 saturated carbocycles. The van der Waals surface area contributed by atoms with Crippen LogP contribution in [0.3, 0.4) is 0 Å². The van der Waals surface area contributed by atoms with E-state index in [2.05, 4.69) is 0 Å². The van der Waals surface area contributed by atoms with Gasteiger partial charge in [-0.2, -0.15) is 0 Å². The molecular weight excluding hydrogens is 198 g/mol. The maximum atomic E-state index is 10.8. The maximum Gasteiger partial charge on any atom is 0.190 e. The van der Waals surface area contributed by atoms with Crippen LogP contribution in [-0.4, -0.2) is 39.0 Å². The fourth-order valence-electron chi connectivity index (χ4n) is 2.00. The number of epoxide rings is 2. The van der Waals surface area contributed by atoms with Crippen LogP contribution in [0, 0.1) is 0 Å². The summed E-state index contributed by atoms with van der Waals surface area (Å²) >= 11 is 0. The summed E-state index contributed by atoms with van der Waals surface area (Å²) in [5.41, 5.74) is -0.401. The summed E-state index contributed by atoms with van der Waals surface area (Å²) in [4.78, 5) is 10.8. The smallest absolute Gasteiger partial charge is 0.190 e. The monoisotopic (exact) mass is 207 g/mol. The third-order valence-corrected chi connectivity index (χ3v) is 3.88. The van der Waals surface area contributed by atoms with Crippen molar-refractivity contribution >= 4 is 16.0 Å². The topological polar surface area (TPSA) is 68.2 Å². The molecule has 0 bridgehead atoms. The van der Waals surface area contributed by atoms with Crippen molar-refractivity contribution < 1.29 is 14.3 Å². The lowest BCUT2D eigenvalue weighted by Crippen LogP contribution is -2.38. The zero-order chi connectivity index (χ0) is 9.81. The maximum absolute atomic E-state index is 10.8. The molecule has 2 radical (unpaired) electrons. The van der Waals surface area contributed by atoms with Crippen LogP contribution in [-0.2, 0) is 14.3 Å². The van der Waals surface area contributed by atoms with Crippen molar-refractivity contribution in [3.63, 3.8) is 0 Å². The van der Waals surface area contributed by atoms with Crippen molar-refractivity contribution in [2.45, 2.75) is 23.0 Å². The molecule has 14 heavy (non-hydrogen) atoms. The Kier molecular flexibility index (Phi) is 1.48. The summed E-state index contributed by atoms with van der Waals surface area (Å²) in [6, 6.07) is 0. The summed E-state index contributed by atoms with van der Waals surface area (Å²) in [5, 5.41) is 4.75. The lowest BCUT2D eigenvalue weighted by atomic mass is 9.95. The third kappa shape index (κ3) is 0.851. The zero-order valence-electron chi connectivity index (χ0n) is 7.34. The molecule has 4 unspecified atom stereocenters. The number of ether oxygens (including phenoxy) is 2. The Bertz CT molecular complexity index is 356. The van der Waals surface area contributed by atoms with Gasteiger partial charge in [0.05, 0.1) is 0 Å². The van der Waals surface area contributed by atoms with Crippen LogP contribution in [0.25, 0.3) is 0 Å². The highest BCUT2D eigenvalue weighted by atomic mass is 28.2. The van der Waals surface area contributed by atoms with E-state index in [1.165, 1.54) is 0 Å². The van der Waals surface area contributed by atoms with Crippen molar-refractivity contribution in [1.82, 2.24) is 0 Å². The Balaban J connectivity index is 1.85. The van der Waals surface area contributed by atoms with Gasteiger partial charge in [0.25, 0.3) is 0 Å². The van der Waals surface area contributed by atoms with Crippen molar-refractivity contribution in [2.24, 2.45) is 5.40 Å². The second kappa shape index (κ2) is 2.43. The number of carbonyl (C=O) groups excluding carboxylic acids is 1. The molecule has 4 nitrogen and oxygen atoms in total. The molecule has 0 aromatic carbocycles. The van der Waals surface area contributed by atoms with E-state index in [9.17, 15) is 4.79 Å². The standard InChI is InChI=1S/C9H9NO3Si/c10-14-9(5-11)7(13-9)8-4-2-1-3-6(8)12-8/h1-7H,10H2. The highest BCUT2D eigenvalue weighted by molar-refractivity contribution is 6.43. The van der Waals surface area contributed by atoms with Crippen LogP contribution in [0.2, 0.25) is 0 Å². The summed E-state index contributed by atoms with van der Waals surface area (Å²) in [6.45, 7) is 0. The molecule has 2 N–H and O–H groups in total. The predicted octanol–water partition coefficient (Wildman–Crippen LogP) is -0.878. The SMILES string of the molecule is N[Si]C1(C=O)OC1C12C=CC=CC1O2. The predicted molar refractivity (Wildman–Crippen MR) is 49.5 cm³/mol. The van der Waals surface area contributed by atoms with E-state index < -0.39 is 10.8 Å². The van der Waals surface area contributed by atoms with Crippen LogP contribution >= 0.6 is 0 Å². The number of carbonyl (C=O) groups is 1. The van der Waals surface area contributed by atoms with E-state index in [4.69, 9.17) is 14.9 Å². The molecule has 5 heteroatoms. The minimum Gasteiger partial charge on any atom is -0.357 e. The van der Waals surface area contributed by atoms with Crippen LogP contribution in [0.5, 0.6) is 0 Å². The van der Waals surface area contributed by atoms with Gasteiger partial charge in [-0.1, -0.05) is 18.2 Å². The number of nitrogens with two attached hydrogens (primary N) is 1. The second-order valence-electron chi connectivity index (χ2n) is 3.69. The zero-order valence-corrected chi connectivity index (χ0v) is 8.34. The molecule has 0 spiro atoms. The molecule has 0 amide bonds. The quantitative estimate of drug-likeness (QED) is 0.371. The largest absolute Gasteiger partial charge is 0.357 e. The van der Waals surface area contributed by atoms with Crippen LogP contribution < -0.4 is 5.40 Å². The molecule has 3 aliphatic rings. The van der Waals surface area contributed by atoms with E-state index in [1.807, 2.05) is 24.3 Å². The number of fused-ring (bicyclic) bond motifs is 1. The van der Waals surface area contributed by atoms with Crippen molar-refractivity contribution in [3.8, 4) is 0 Å². The van der Waals surface area contributed by atoms with Gasteiger partial charge in [-0.25, -0.2) is 0 Å². The van der Waals surface area contributed by atoms with Gasteiger partial charge in [0, 0.05) is 0 Å². The van der Waals surface area contributed by atoms with Gasteiger partial charge in [0.15, 0.2) is 21.2 Å². The molecule has 72 valence electrons. The summed E-state index contributed by atoms with van der Waals surface area (Å²) in [7, 11) is -0.0206. The minimum absolute atomic E-state index is 0.0206. The van der Waals surface area contributed by atoms with E-state index in [0.29, 0.717) is 0 Å². The molecular formula is C9H9NO3Si. The summed E-state index contributed by atoms with van der Waals surface area (Å²) in [6.07, 6.45) is 8.45. The Morgan fingerprint density at radius 2 is 2.29 bits per heavy atom. The number of aldehydes is 1. The van der Waals surface area contributed by atoms with Crippen LogP contribution in [0.15, 0.2) is 24.3 Å². The average Bonchev–Trinajstić information content (AvgIpc) is 3.11. The summed E-state index contributed by atoms with van der Waals surface area (Å²) < 4.78 is 10.9. The van der Waals surface area contributed by atoms with E-state index in [1.54, 1.807) is 0 Å². The normalized spacial score (nSPS) is 52.6. The van der Waals surface area contributed by atoms with Gasteiger partial charge in [-0.3, -0.25) is 0 Å². The molecule has 2 saturated heterocycles. The van der Waals surface area contributed by atoms with Crippen LogP contribution in [0.1, 0.15) is 0 Å². The highest BCUT2D eigenvalue weighted by Gasteiger charge is 2.75. The van der Waals surface area contributed by atoms with E-state index >= 15 is 0 Å². The van der Waals surface area contributed by atoms with Crippen molar-refractivity contribution in [1.29, 1.82) is 0 Å². The van der Waals surface area contributed by atoms with E-state index in [0.717, 1.165) is 6.29 Å². The number of hydrogen-bond acceptors (Lipinski definition) is 4. The second-order valence-corrected chi connectivity index (χ2v) is 4.76. The Hall–Kier alpha value is -0.753. The van der Waals surface area contributed by atoms with E-state index in [-0.39, 0.29) is 21.9 Å². The average molecular weight is 207 g/mol. The van der Waals surface area contributed by atoms with Gasteiger partial charge in [0.2, 0.25) is 0 Å². The molecule has 0 aromatic rings. The fraction of sp³-hybridized carbons (Fsp3) is 0.444. The van der Waals surface area contributed by atoms with Gasteiger partial charge in [0.1, 0.15) is 17.8 Å². The molecule has 2 fully saturated rings. The first kappa shape index (κ1) is 8.55. The fourth-order valence-corrected chi connectivity index (χ4v) is 2.63. The minimum atomic E-state index is -0.774. The number of allylic oxidation sites excluding steroid dienone is 2. The third-order valence-electron chi connectivity index (χ3n) is 2.93. The summed E-state index contributed by atoms with van der Waals surface area (Å²) in [5.74, 6) is 0. The Labute approximate surface area is 83.6 Å². The van der Waals surface area contributed by atoms with Gasteiger partial charge in [-0.05, 0) is 6.08 Å². The molecule has 0 aromatic heterocycles. The van der Waals surface area contributed by atoms with Gasteiger partial charge < -0.3 is 19.7 Å². The lowest BCUT2D eigenvalue weighted by molar-refractivity contribution is -0.110. The molecule has 2 aliphatic heterocycles. The van der Waals surface area contributed by atoms with Gasteiger partial charge >= 0.3 is 0 Å². The van der Waals surface area contributed by atoms with Gasteiger partial charge in [-0.15, -0.1) is 0 Å². The highest BCUT2D eigenvalue weighted by Crippen LogP contribution is 2.55. The van der Waals surface area contributed by atoms with Crippen LogP contribution in [0.4, 0.5) is 0 Å². The molecule has 3 rings (SSSR count). The molecule has 2 heterocycles. The number of hydrogen-bond donors (Lipinski definition) is 1. The first-order chi connectivity index (χ1) is 6.77. The molecule has 1 aliphatic carbocycles. The lowest BCUT2D eigenvalue weighted by Gasteiger charge is -2.06. The first-order valence-corrected chi connectivity index (χ1v) is 5.51. The Morgan fingerprint density at radius 3 is 2.86 bits per heavy atom. The first-order valence-electron chi connectivity index (χ1n) is 4.43. The van der Waals surface area contributed by atoms with Crippen molar-refractivity contribution in [3.05, 3.63) is 24.3 Å². The Morgan fingerprint density at radius 1 is 1.43 bits per heavy atom.